The Bertz CT molecular complexity index is 1430. The van der Waals surface area contributed by atoms with Gasteiger partial charge in [-0.05, 0) is 72.7 Å². The van der Waals surface area contributed by atoms with Crippen molar-refractivity contribution in [2.75, 3.05) is 25.0 Å². The minimum absolute atomic E-state index is 0.0822. The van der Waals surface area contributed by atoms with Crippen LogP contribution in [0.3, 0.4) is 0 Å². The van der Waals surface area contributed by atoms with Crippen LogP contribution in [-0.4, -0.2) is 50.4 Å². The van der Waals surface area contributed by atoms with Crippen molar-refractivity contribution in [3.63, 3.8) is 0 Å². The number of piperidine rings is 1. The van der Waals surface area contributed by atoms with Crippen LogP contribution >= 0.6 is 0 Å². The van der Waals surface area contributed by atoms with Gasteiger partial charge in [-0.1, -0.05) is 24.3 Å². The number of alkyl halides is 3. The first-order valence-electron chi connectivity index (χ1n) is 13.2. The molecule has 0 bridgehead atoms. The lowest BCUT2D eigenvalue weighted by Gasteiger charge is -2.37. The molecule has 5 rings (SSSR count). The number of rotatable bonds is 7. The summed E-state index contributed by atoms with van der Waals surface area (Å²) in [5.74, 6) is -0.0822. The van der Waals surface area contributed by atoms with Crippen LogP contribution < -0.4 is 10.2 Å². The Kier molecular flexibility index (Phi) is 8.14. The number of nitrogens with one attached hydrogen (secondary N) is 1. The van der Waals surface area contributed by atoms with E-state index in [4.69, 9.17) is 0 Å². The van der Waals surface area contributed by atoms with Crippen molar-refractivity contribution in [1.29, 1.82) is 0 Å². The van der Waals surface area contributed by atoms with E-state index in [0.29, 0.717) is 18.4 Å². The molecule has 0 radical (unpaired) electrons. The van der Waals surface area contributed by atoms with E-state index in [1.54, 1.807) is 29.4 Å². The lowest BCUT2D eigenvalue weighted by Crippen LogP contribution is -2.45. The molecule has 1 fully saturated rings. The summed E-state index contributed by atoms with van der Waals surface area (Å²) >= 11 is 0. The second-order valence-corrected chi connectivity index (χ2v) is 11.4. The summed E-state index contributed by atoms with van der Waals surface area (Å²) in [5, 5.41) is 1.45. The normalized spacial score (nSPS) is 18.5. The standard InChI is InChI=1S/C29H31F3N4O3S/c1-35(21-12-16-36(17-13-21)22-10-14-33-15-11-22)28(37)20-6-8-23-19(18-20)7-9-26(23)34-27(40(38)39)24-4-2-3-5-25(24)29(30,31)32/h2-6,8,10-11,14-15,18,21,26-27,34,40H,7,9,12-13,16-17H2,1H3. The van der Waals surface area contributed by atoms with Crippen LogP contribution in [0.2, 0.25) is 0 Å². The number of pyridine rings is 1. The van der Waals surface area contributed by atoms with Gasteiger partial charge >= 0.3 is 6.18 Å². The van der Waals surface area contributed by atoms with Gasteiger partial charge in [0.05, 0.1) is 5.56 Å². The van der Waals surface area contributed by atoms with Crippen LogP contribution in [0.25, 0.3) is 0 Å². The Morgan fingerprint density at radius 1 is 1.05 bits per heavy atom. The lowest BCUT2D eigenvalue weighted by molar-refractivity contribution is -0.138. The lowest BCUT2D eigenvalue weighted by atomic mass is 10.00. The summed E-state index contributed by atoms with van der Waals surface area (Å²) in [6.07, 6.45) is 1.66. The molecular formula is C29H31F3N4O3S. The van der Waals surface area contributed by atoms with Crippen molar-refractivity contribution in [2.45, 2.75) is 49.3 Å². The summed E-state index contributed by atoms with van der Waals surface area (Å²) in [6.45, 7) is 1.68. The number of halogens is 3. The Hall–Kier alpha value is -3.44. The van der Waals surface area contributed by atoms with Crippen LogP contribution in [0, 0.1) is 0 Å². The maximum atomic E-state index is 13.6. The Morgan fingerprint density at radius 3 is 2.42 bits per heavy atom. The molecule has 0 saturated carbocycles. The molecule has 0 spiro atoms. The number of fused-ring (bicyclic) bond motifs is 1. The molecule has 2 aromatic carbocycles. The quantitative estimate of drug-likeness (QED) is 0.399. The molecule has 1 aromatic heterocycles. The summed E-state index contributed by atoms with van der Waals surface area (Å²) in [4.78, 5) is 21.5. The van der Waals surface area contributed by atoms with Gasteiger partial charge in [0.1, 0.15) is 5.37 Å². The monoisotopic (exact) mass is 572 g/mol. The van der Waals surface area contributed by atoms with Crippen molar-refractivity contribution in [1.82, 2.24) is 15.2 Å². The van der Waals surface area contributed by atoms with Gasteiger partial charge in [0.15, 0.2) is 10.7 Å². The first-order chi connectivity index (χ1) is 19.1. The predicted octanol–water partition coefficient (Wildman–Crippen LogP) is 4.73. The van der Waals surface area contributed by atoms with Crippen LogP contribution in [0.5, 0.6) is 0 Å². The van der Waals surface area contributed by atoms with Gasteiger partial charge in [0.25, 0.3) is 5.91 Å². The Labute approximate surface area is 233 Å². The second kappa shape index (κ2) is 11.6. The first kappa shape index (κ1) is 28.1. The fourth-order valence-corrected chi connectivity index (χ4v) is 6.56. The van der Waals surface area contributed by atoms with Gasteiger partial charge in [0.2, 0.25) is 0 Å². The average molecular weight is 573 g/mol. The zero-order valence-corrected chi connectivity index (χ0v) is 22.9. The minimum atomic E-state index is -4.67. The molecule has 1 aliphatic carbocycles. The Morgan fingerprint density at radius 2 is 1.75 bits per heavy atom. The van der Waals surface area contributed by atoms with Crippen molar-refractivity contribution in [3.8, 4) is 0 Å². The number of hydrogen-bond donors (Lipinski definition) is 2. The summed E-state index contributed by atoms with van der Waals surface area (Å²) < 4.78 is 64.9. The third-order valence-corrected chi connectivity index (χ3v) is 8.81. The number of aryl methyl sites for hydroxylation is 1. The molecule has 2 aliphatic rings. The van der Waals surface area contributed by atoms with E-state index in [2.05, 4.69) is 15.2 Å². The average Bonchev–Trinajstić information content (AvgIpc) is 3.37. The van der Waals surface area contributed by atoms with E-state index in [0.717, 1.165) is 48.8 Å². The van der Waals surface area contributed by atoms with Crippen molar-refractivity contribution in [2.24, 2.45) is 0 Å². The van der Waals surface area contributed by atoms with Crippen LogP contribution in [0.4, 0.5) is 18.9 Å². The fourth-order valence-electron chi connectivity index (χ4n) is 5.81. The van der Waals surface area contributed by atoms with E-state index in [1.807, 2.05) is 25.2 Å². The minimum Gasteiger partial charge on any atom is -0.371 e. The third kappa shape index (κ3) is 5.85. The second-order valence-electron chi connectivity index (χ2n) is 10.3. The van der Waals surface area contributed by atoms with Gasteiger partial charge in [-0.15, -0.1) is 0 Å². The van der Waals surface area contributed by atoms with Gasteiger partial charge in [-0.25, -0.2) is 8.42 Å². The molecule has 2 atom stereocenters. The number of thiol groups is 1. The maximum absolute atomic E-state index is 13.6. The molecule has 40 heavy (non-hydrogen) atoms. The van der Waals surface area contributed by atoms with Crippen molar-refractivity contribution >= 4 is 22.3 Å². The molecule has 2 unspecified atom stereocenters. The van der Waals surface area contributed by atoms with Crippen LogP contribution in [-0.2, 0) is 23.3 Å². The Balaban J connectivity index is 1.27. The highest BCUT2D eigenvalue weighted by atomic mass is 32.2. The molecule has 1 amide bonds. The maximum Gasteiger partial charge on any atom is 0.416 e. The molecule has 2 heterocycles. The number of benzene rings is 2. The smallest absolute Gasteiger partial charge is 0.371 e. The third-order valence-electron chi connectivity index (χ3n) is 7.96. The van der Waals surface area contributed by atoms with E-state index >= 15 is 0 Å². The molecule has 1 aliphatic heterocycles. The summed E-state index contributed by atoms with van der Waals surface area (Å²) in [5.41, 5.74) is 2.08. The van der Waals surface area contributed by atoms with E-state index < -0.39 is 33.9 Å². The number of aromatic nitrogens is 1. The molecule has 7 nitrogen and oxygen atoms in total. The molecule has 212 valence electrons. The molecule has 3 aromatic rings. The van der Waals surface area contributed by atoms with E-state index in [-0.39, 0.29) is 17.5 Å². The van der Waals surface area contributed by atoms with Gasteiger partial charge in [0, 0.05) is 55.9 Å². The zero-order chi connectivity index (χ0) is 28.4. The number of amides is 1. The summed E-state index contributed by atoms with van der Waals surface area (Å²) in [7, 11) is -1.42. The van der Waals surface area contributed by atoms with Crippen molar-refractivity contribution in [3.05, 3.63) is 94.8 Å². The summed E-state index contributed by atoms with van der Waals surface area (Å²) in [6, 6.07) is 13.7. The zero-order valence-electron chi connectivity index (χ0n) is 22.0. The van der Waals surface area contributed by atoms with E-state index in [9.17, 15) is 26.4 Å². The first-order valence-corrected chi connectivity index (χ1v) is 14.5. The molecule has 1 saturated heterocycles. The highest BCUT2D eigenvalue weighted by Crippen LogP contribution is 2.38. The number of hydrogen-bond acceptors (Lipinski definition) is 6. The number of anilines is 1. The van der Waals surface area contributed by atoms with Gasteiger partial charge in [-0.3, -0.25) is 15.1 Å². The van der Waals surface area contributed by atoms with Gasteiger partial charge < -0.3 is 9.80 Å². The number of carbonyl (C=O) groups is 1. The molecule has 11 heteroatoms. The highest BCUT2D eigenvalue weighted by molar-refractivity contribution is 7.72. The van der Waals surface area contributed by atoms with Crippen LogP contribution in [0.1, 0.15) is 63.3 Å². The predicted molar refractivity (Wildman–Crippen MR) is 147 cm³/mol. The SMILES string of the molecule is CN(C(=O)c1ccc2c(c1)CCC2NC(c1ccccc1C(F)(F)F)[SH](=O)=O)C1CCN(c2ccncc2)CC1. The highest BCUT2D eigenvalue weighted by Gasteiger charge is 2.37. The van der Waals surface area contributed by atoms with Crippen LogP contribution in [0.15, 0.2) is 67.0 Å². The molecular weight excluding hydrogens is 541 g/mol. The van der Waals surface area contributed by atoms with Crippen molar-refractivity contribution < 1.29 is 26.4 Å². The van der Waals surface area contributed by atoms with Gasteiger partial charge in [-0.2, -0.15) is 13.2 Å². The largest absolute Gasteiger partial charge is 0.416 e. The number of nitrogens with zero attached hydrogens (tertiary/aromatic N) is 3. The molecule has 1 N–H and O–H groups in total. The fraction of sp³-hybridized carbons (Fsp3) is 0.379. The number of carbonyl (C=O) groups excluding carboxylic acids is 1. The van der Waals surface area contributed by atoms with E-state index in [1.165, 1.54) is 18.2 Å². The topological polar surface area (TPSA) is 82.6 Å².